The van der Waals surface area contributed by atoms with Gasteiger partial charge in [-0.25, -0.2) is 0 Å². The molecule has 2 heterocycles. The van der Waals surface area contributed by atoms with Gasteiger partial charge >= 0.3 is 0 Å². The molecule has 5 aromatic rings. The van der Waals surface area contributed by atoms with Crippen LogP contribution in [0.1, 0.15) is 5.56 Å². The second-order valence-electron chi connectivity index (χ2n) is 8.48. The lowest BCUT2D eigenvalue weighted by Gasteiger charge is -2.07. The van der Waals surface area contributed by atoms with Crippen molar-refractivity contribution in [3.63, 3.8) is 0 Å². The molecule has 0 saturated heterocycles. The average Bonchev–Trinajstić information content (AvgIpc) is 3.45. The standard InChI is InChI=1S/C31H23N4/c1-2-8-23(9-3-1)26-10-6-11-27(20-26)24-15-17-25(18-16-24)31-22-35(34-33-31)29-13-7-12-28(21-29)30-14-4-5-19-32-30/h1-21H,22H2/q+1. The van der Waals surface area contributed by atoms with Crippen molar-refractivity contribution in [1.29, 1.82) is 0 Å². The van der Waals surface area contributed by atoms with Crippen LogP contribution in [0.4, 0.5) is 5.69 Å². The van der Waals surface area contributed by atoms with Crippen LogP contribution >= 0.6 is 0 Å². The normalized spacial score (nSPS) is 12.8. The lowest BCUT2D eigenvalue weighted by Crippen LogP contribution is -2.11. The predicted molar refractivity (Wildman–Crippen MR) is 141 cm³/mol. The van der Waals surface area contributed by atoms with Crippen molar-refractivity contribution in [1.82, 2.24) is 4.98 Å². The van der Waals surface area contributed by atoms with Gasteiger partial charge < -0.3 is 0 Å². The maximum atomic E-state index is 4.47. The molecule has 1 aromatic heterocycles. The SMILES string of the molecule is c1ccc(-c2cccc(-c3ccc(C4=NN=[N+](c5cccc(-c6ccccn6)c5)C4)cc3)c2)cc1. The van der Waals surface area contributed by atoms with Gasteiger partial charge in [-0.15, -0.1) is 4.70 Å². The summed E-state index contributed by atoms with van der Waals surface area (Å²) in [7, 11) is 0. The van der Waals surface area contributed by atoms with Crippen molar-refractivity contribution >= 4 is 11.4 Å². The zero-order valence-electron chi connectivity index (χ0n) is 19.1. The molecule has 0 N–H and O–H groups in total. The number of hydrogen-bond acceptors (Lipinski definition) is 3. The monoisotopic (exact) mass is 451 g/mol. The quantitative estimate of drug-likeness (QED) is 0.254. The van der Waals surface area contributed by atoms with Gasteiger partial charge in [0.25, 0.3) is 0 Å². The summed E-state index contributed by atoms with van der Waals surface area (Å²) in [6.07, 6.45) is 1.81. The highest BCUT2D eigenvalue weighted by molar-refractivity contribution is 6.02. The van der Waals surface area contributed by atoms with Gasteiger partial charge in [0.05, 0.1) is 10.8 Å². The summed E-state index contributed by atoms with van der Waals surface area (Å²) in [5.74, 6) is 0. The number of aromatic nitrogens is 1. The fraction of sp³-hybridized carbons (Fsp3) is 0.0323. The summed E-state index contributed by atoms with van der Waals surface area (Å²) in [5.41, 5.74) is 9.87. The van der Waals surface area contributed by atoms with E-state index in [1.165, 1.54) is 22.3 Å². The first-order valence-corrected chi connectivity index (χ1v) is 11.7. The Morgan fingerprint density at radius 3 is 1.94 bits per heavy atom. The van der Waals surface area contributed by atoms with E-state index in [0.29, 0.717) is 6.54 Å². The summed E-state index contributed by atoms with van der Waals surface area (Å²) in [4.78, 5) is 4.46. The first kappa shape index (κ1) is 20.9. The number of pyridine rings is 1. The third-order valence-corrected chi connectivity index (χ3v) is 6.20. The molecule has 1 aliphatic rings. The largest absolute Gasteiger partial charge is 0.256 e. The van der Waals surface area contributed by atoms with Crippen LogP contribution in [0.25, 0.3) is 33.5 Å². The molecule has 6 rings (SSSR count). The third-order valence-electron chi connectivity index (χ3n) is 6.20. The molecule has 0 saturated carbocycles. The van der Waals surface area contributed by atoms with Crippen LogP contribution in [0.5, 0.6) is 0 Å². The molecule has 0 atom stereocenters. The van der Waals surface area contributed by atoms with E-state index < -0.39 is 0 Å². The highest BCUT2D eigenvalue weighted by Gasteiger charge is 2.24. The molecule has 1 aliphatic heterocycles. The average molecular weight is 452 g/mol. The number of benzene rings is 4. The van der Waals surface area contributed by atoms with E-state index >= 15 is 0 Å². The molecule has 0 bridgehead atoms. The van der Waals surface area contributed by atoms with Gasteiger partial charge in [-0.2, -0.15) is 0 Å². The first-order valence-electron chi connectivity index (χ1n) is 11.7. The molecule has 0 aliphatic carbocycles. The Labute approximate surface area is 204 Å². The van der Waals surface area contributed by atoms with Crippen molar-refractivity contribution in [3.8, 4) is 33.5 Å². The Balaban J connectivity index is 1.19. The van der Waals surface area contributed by atoms with Gasteiger partial charge in [0.15, 0.2) is 12.2 Å². The molecule has 166 valence electrons. The van der Waals surface area contributed by atoms with Crippen LogP contribution in [-0.4, -0.2) is 21.9 Å². The number of hydrogen-bond donors (Lipinski definition) is 0. The van der Waals surface area contributed by atoms with E-state index in [-0.39, 0.29) is 0 Å². The van der Waals surface area contributed by atoms with Crippen LogP contribution in [-0.2, 0) is 0 Å². The van der Waals surface area contributed by atoms with Crippen molar-refractivity contribution in [3.05, 3.63) is 133 Å². The van der Waals surface area contributed by atoms with Crippen LogP contribution < -0.4 is 0 Å². The summed E-state index contributed by atoms with van der Waals surface area (Å²) >= 11 is 0. The Morgan fingerprint density at radius 2 is 1.17 bits per heavy atom. The zero-order valence-corrected chi connectivity index (χ0v) is 19.1. The minimum absolute atomic E-state index is 0.633. The Morgan fingerprint density at radius 1 is 0.514 bits per heavy atom. The zero-order chi connectivity index (χ0) is 23.5. The van der Waals surface area contributed by atoms with Crippen molar-refractivity contribution in [2.75, 3.05) is 6.54 Å². The van der Waals surface area contributed by atoms with E-state index in [0.717, 1.165) is 28.2 Å². The maximum Gasteiger partial charge on any atom is 0.231 e. The van der Waals surface area contributed by atoms with Gasteiger partial charge in [-0.3, -0.25) is 4.98 Å². The molecular formula is C31H23N4+. The molecular weight excluding hydrogens is 428 g/mol. The minimum atomic E-state index is 0.633. The van der Waals surface area contributed by atoms with Crippen LogP contribution in [0.3, 0.4) is 0 Å². The molecule has 4 aromatic carbocycles. The van der Waals surface area contributed by atoms with Gasteiger partial charge in [0.1, 0.15) is 5.22 Å². The van der Waals surface area contributed by atoms with Gasteiger partial charge in [-0.1, -0.05) is 91.0 Å². The van der Waals surface area contributed by atoms with Crippen LogP contribution in [0.15, 0.2) is 138 Å². The van der Waals surface area contributed by atoms with E-state index in [9.17, 15) is 0 Å². The molecule has 0 spiro atoms. The summed E-state index contributed by atoms with van der Waals surface area (Å²) in [5, 5.41) is 8.90. The maximum absolute atomic E-state index is 4.47. The Bertz CT molecular complexity index is 1540. The summed E-state index contributed by atoms with van der Waals surface area (Å²) in [6.45, 7) is 0.633. The molecule has 0 unspecified atom stereocenters. The second-order valence-corrected chi connectivity index (χ2v) is 8.48. The Kier molecular flexibility index (Phi) is 5.53. The molecule has 0 fully saturated rings. The summed E-state index contributed by atoms with van der Waals surface area (Å²) in [6, 6.07) is 41.9. The van der Waals surface area contributed by atoms with E-state index in [2.05, 4.69) is 106 Å². The van der Waals surface area contributed by atoms with Crippen molar-refractivity contribution in [2.45, 2.75) is 0 Å². The number of nitrogens with zero attached hydrogens (tertiary/aromatic N) is 4. The lowest BCUT2D eigenvalue weighted by molar-refractivity contribution is -0.492. The highest BCUT2D eigenvalue weighted by Crippen LogP contribution is 2.28. The van der Waals surface area contributed by atoms with Crippen LogP contribution in [0.2, 0.25) is 0 Å². The lowest BCUT2D eigenvalue weighted by atomic mass is 9.98. The van der Waals surface area contributed by atoms with Crippen molar-refractivity contribution in [2.24, 2.45) is 10.3 Å². The smallest absolute Gasteiger partial charge is 0.231 e. The fourth-order valence-electron chi connectivity index (χ4n) is 4.33. The van der Waals surface area contributed by atoms with E-state index in [1.807, 2.05) is 41.2 Å². The van der Waals surface area contributed by atoms with Gasteiger partial charge in [0.2, 0.25) is 5.71 Å². The van der Waals surface area contributed by atoms with E-state index in [4.69, 9.17) is 0 Å². The first-order chi connectivity index (χ1) is 17.3. The number of rotatable bonds is 5. The molecule has 0 radical (unpaired) electrons. The third kappa shape index (κ3) is 4.42. The van der Waals surface area contributed by atoms with Crippen molar-refractivity contribution < 1.29 is 4.70 Å². The molecule has 35 heavy (non-hydrogen) atoms. The topological polar surface area (TPSA) is 40.6 Å². The van der Waals surface area contributed by atoms with Crippen LogP contribution in [0, 0.1) is 0 Å². The molecule has 0 amide bonds. The molecule has 4 heteroatoms. The van der Waals surface area contributed by atoms with Gasteiger partial charge in [-0.05, 0) is 52.6 Å². The predicted octanol–water partition coefficient (Wildman–Crippen LogP) is 7.60. The fourth-order valence-corrected chi connectivity index (χ4v) is 4.33. The van der Waals surface area contributed by atoms with E-state index in [1.54, 1.807) is 0 Å². The molecule has 4 nitrogen and oxygen atoms in total. The highest BCUT2D eigenvalue weighted by atomic mass is 15.5. The van der Waals surface area contributed by atoms with Gasteiger partial charge in [0, 0.05) is 17.3 Å². The second kappa shape index (κ2) is 9.27. The Hall–Kier alpha value is -4.70. The minimum Gasteiger partial charge on any atom is -0.256 e. The summed E-state index contributed by atoms with van der Waals surface area (Å²) < 4.78 is 1.93.